The first-order valence-corrected chi connectivity index (χ1v) is 8.27. The molecule has 0 radical (unpaired) electrons. The van der Waals surface area contributed by atoms with Gasteiger partial charge in [0.05, 0.1) is 11.3 Å². The largest absolute Gasteiger partial charge is 0.456 e. The van der Waals surface area contributed by atoms with Gasteiger partial charge < -0.3 is 4.74 Å². The summed E-state index contributed by atoms with van der Waals surface area (Å²) in [5.74, 6) is -0.326. The van der Waals surface area contributed by atoms with Crippen LogP contribution >= 0.6 is 15.9 Å². The minimum absolute atomic E-state index is 0.149. The van der Waals surface area contributed by atoms with E-state index in [0.717, 1.165) is 28.6 Å². The molecule has 2 aliphatic rings. The van der Waals surface area contributed by atoms with Crippen molar-refractivity contribution in [2.24, 2.45) is 0 Å². The lowest BCUT2D eigenvalue weighted by Crippen LogP contribution is -2.36. The Morgan fingerprint density at radius 1 is 1.32 bits per heavy atom. The van der Waals surface area contributed by atoms with Gasteiger partial charge in [0.25, 0.3) is 0 Å². The molecular formula is C17H20BrNO3. The molecule has 22 heavy (non-hydrogen) atoms. The predicted molar refractivity (Wildman–Crippen MR) is 88.1 cm³/mol. The summed E-state index contributed by atoms with van der Waals surface area (Å²) in [4.78, 5) is 18.0. The predicted octanol–water partition coefficient (Wildman–Crippen LogP) is 4.20. The second-order valence-corrected chi connectivity index (χ2v) is 7.83. The number of esters is 1. The normalized spacial score (nSPS) is 19.4. The molecule has 118 valence electrons. The first-order valence-electron chi connectivity index (χ1n) is 7.48. The fourth-order valence-corrected chi connectivity index (χ4v) is 3.09. The van der Waals surface area contributed by atoms with Gasteiger partial charge in [-0.1, -0.05) is 15.9 Å². The van der Waals surface area contributed by atoms with Crippen LogP contribution in [0.2, 0.25) is 0 Å². The van der Waals surface area contributed by atoms with Crippen LogP contribution < -0.4 is 5.48 Å². The number of hydrogen-bond acceptors (Lipinski definition) is 4. The summed E-state index contributed by atoms with van der Waals surface area (Å²) in [6.45, 7) is 5.58. The van der Waals surface area contributed by atoms with Gasteiger partial charge in [0.15, 0.2) is 0 Å². The number of rotatable bonds is 2. The molecule has 0 bridgehead atoms. The van der Waals surface area contributed by atoms with Crippen LogP contribution in [0.4, 0.5) is 0 Å². The van der Waals surface area contributed by atoms with Crippen LogP contribution in [-0.4, -0.2) is 17.2 Å². The van der Waals surface area contributed by atoms with E-state index in [1.807, 2.05) is 32.9 Å². The van der Waals surface area contributed by atoms with Gasteiger partial charge in [0.1, 0.15) is 11.2 Å². The zero-order valence-corrected chi connectivity index (χ0v) is 14.6. The molecule has 0 unspecified atom stereocenters. The van der Waals surface area contributed by atoms with Crippen molar-refractivity contribution < 1.29 is 14.4 Å². The van der Waals surface area contributed by atoms with E-state index in [2.05, 4.69) is 27.5 Å². The number of nitrogens with one attached hydrogen (secondary N) is 1. The van der Waals surface area contributed by atoms with E-state index in [1.165, 1.54) is 6.42 Å². The van der Waals surface area contributed by atoms with E-state index >= 15 is 0 Å². The van der Waals surface area contributed by atoms with Gasteiger partial charge in [-0.3, -0.25) is 10.3 Å². The molecule has 0 saturated heterocycles. The average Bonchev–Trinajstić information content (AvgIpc) is 2.81. The Morgan fingerprint density at radius 2 is 2.05 bits per heavy atom. The van der Waals surface area contributed by atoms with Crippen molar-refractivity contribution in [1.82, 2.24) is 5.48 Å². The van der Waals surface area contributed by atoms with Gasteiger partial charge in [0, 0.05) is 10.0 Å². The molecule has 1 fully saturated rings. The minimum atomic E-state index is -0.510. The van der Waals surface area contributed by atoms with E-state index in [-0.39, 0.29) is 11.6 Å². The van der Waals surface area contributed by atoms with Gasteiger partial charge in [-0.2, -0.15) is 0 Å². The molecule has 0 atom stereocenters. The van der Waals surface area contributed by atoms with E-state index in [0.29, 0.717) is 5.56 Å². The molecule has 1 spiro atoms. The number of ether oxygens (including phenoxy) is 1. The van der Waals surface area contributed by atoms with E-state index in [4.69, 9.17) is 9.57 Å². The molecule has 5 heteroatoms. The number of hydroxylamine groups is 1. The number of carbonyl (C=O) groups is 1. The molecule has 4 nitrogen and oxygen atoms in total. The highest BCUT2D eigenvalue weighted by atomic mass is 79.9. The summed E-state index contributed by atoms with van der Waals surface area (Å²) in [7, 11) is 0. The summed E-state index contributed by atoms with van der Waals surface area (Å²) in [6, 6.07) is 5.57. The highest BCUT2D eigenvalue weighted by Crippen LogP contribution is 2.41. The lowest BCUT2D eigenvalue weighted by molar-refractivity contribution is -0.0821. The van der Waals surface area contributed by atoms with Crippen LogP contribution in [0.5, 0.6) is 0 Å². The zero-order chi connectivity index (χ0) is 16.0. The first kappa shape index (κ1) is 15.6. The van der Waals surface area contributed by atoms with Crippen LogP contribution in [0.3, 0.4) is 0 Å². The maximum absolute atomic E-state index is 12.3. The van der Waals surface area contributed by atoms with Crippen molar-refractivity contribution in [1.29, 1.82) is 0 Å². The number of benzene rings is 1. The Morgan fingerprint density at radius 3 is 2.59 bits per heavy atom. The molecule has 1 aliphatic heterocycles. The van der Waals surface area contributed by atoms with Gasteiger partial charge in [-0.15, -0.1) is 0 Å². The second-order valence-electron chi connectivity index (χ2n) is 6.91. The SMILES string of the molecule is CC(C)(C)OC(=O)c1cc(Br)cc(C2=CC3(CCC3)ON2)c1. The van der Waals surface area contributed by atoms with Gasteiger partial charge in [-0.25, -0.2) is 4.79 Å². The Kier molecular flexibility index (Phi) is 3.81. The molecular weight excluding hydrogens is 346 g/mol. The number of carbonyl (C=O) groups excluding carboxylic acids is 1. The zero-order valence-electron chi connectivity index (χ0n) is 13.0. The van der Waals surface area contributed by atoms with Crippen LogP contribution in [0.15, 0.2) is 28.7 Å². The molecule has 1 N–H and O–H groups in total. The fourth-order valence-electron chi connectivity index (χ4n) is 2.59. The Labute approximate surface area is 139 Å². The molecule has 3 rings (SSSR count). The third-order valence-corrected chi connectivity index (χ3v) is 4.27. The molecule has 1 aromatic carbocycles. The lowest BCUT2D eigenvalue weighted by atomic mass is 9.80. The van der Waals surface area contributed by atoms with Crippen molar-refractivity contribution in [3.05, 3.63) is 39.9 Å². The van der Waals surface area contributed by atoms with Crippen molar-refractivity contribution in [2.75, 3.05) is 0 Å². The summed E-state index contributed by atoms with van der Waals surface area (Å²) in [5, 5.41) is 0. The Hall–Kier alpha value is -1.33. The topological polar surface area (TPSA) is 47.6 Å². The van der Waals surface area contributed by atoms with E-state index < -0.39 is 5.60 Å². The van der Waals surface area contributed by atoms with Crippen LogP contribution in [-0.2, 0) is 9.57 Å². The summed E-state index contributed by atoms with van der Waals surface area (Å²) < 4.78 is 6.28. The van der Waals surface area contributed by atoms with E-state index in [1.54, 1.807) is 6.07 Å². The van der Waals surface area contributed by atoms with Gasteiger partial charge in [-0.05, 0) is 64.3 Å². The fraction of sp³-hybridized carbons (Fsp3) is 0.471. The quantitative estimate of drug-likeness (QED) is 0.797. The Bertz CT molecular complexity index is 642. The third kappa shape index (κ3) is 3.20. The van der Waals surface area contributed by atoms with Gasteiger partial charge in [0.2, 0.25) is 0 Å². The maximum Gasteiger partial charge on any atom is 0.338 e. The molecule has 0 aromatic heterocycles. The maximum atomic E-state index is 12.3. The average molecular weight is 366 g/mol. The highest BCUT2D eigenvalue weighted by molar-refractivity contribution is 9.10. The van der Waals surface area contributed by atoms with Crippen LogP contribution in [0.25, 0.3) is 5.70 Å². The second kappa shape index (κ2) is 5.39. The lowest BCUT2D eigenvalue weighted by Gasteiger charge is -2.33. The van der Waals surface area contributed by atoms with Crippen molar-refractivity contribution in [3.8, 4) is 0 Å². The number of hydrogen-bond donors (Lipinski definition) is 1. The molecule has 0 amide bonds. The number of halogens is 1. The van der Waals surface area contributed by atoms with Crippen molar-refractivity contribution in [3.63, 3.8) is 0 Å². The van der Waals surface area contributed by atoms with Crippen molar-refractivity contribution in [2.45, 2.75) is 51.2 Å². The monoisotopic (exact) mass is 365 g/mol. The van der Waals surface area contributed by atoms with Crippen LogP contribution in [0, 0.1) is 0 Å². The molecule has 1 heterocycles. The smallest absolute Gasteiger partial charge is 0.338 e. The molecule has 1 saturated carbocycles. The standard InChI is InChI=1S/C17H20BrNO3/c1-16(2,3)21-15(20)12-7-11(8-13(18)9-12)14-10-17(22-19-14)5-4-6-17/h7-10,19H,4-6H2,1-3H3. The minimum Gasteiger partial charge on any atom is -0.456 e. The highest BCUT2D eigenvalue weighted by Gasteiger charge is 2.41. The summed E-state index contributed by atoms with van der Waals surface area (Å²) >= 11 is 3.46. The van der Waals surface area contributed by atoms with Gasteiger partial charge >= 0.3 is 5.97 Å². The van der Waals surface area contributed by atoms with Crippen molar-refractivity contribution >= 4 is 27.6 Å². The first-order chi connectivity index (χ1) is 10.3. The summed E-state index contributed by atoms with van der Waals surface area (Å²) in [5.41, 5.74) is 4.68. The van der Waals surface area contributed by atoms with E-state index in [9.17, 15) is 4.79 Å². The third-order valence-electron chi connectivity index (χ3n) is 3.81. The Balaban J connectivity index is 1.87. The molecule has 1 aliphatic carbocycles. The summed E-state index contributed by atoms with van der Waals surface area (Å²) in [6.07, 6.45) is 5.39. The van der Waals surface area contributed by atoms with Crippen LogP contribution in [0.1, 0.15) is 56.0 Å². The molecule has 1 aromatic rings.